The van der Waals surface area contributed by atoms with Crippen LogP contribution < -0.4 is 5.32 Å². The molecular weight excluding hydrogens is 263 g/mol. The van der Waals surface area contributed by atoms with Crippen LogP contribution in [0.1, 0.15) is 58.8 Å². The van der Waals surface area contributed by atoms with Crippen LogP contribution in [-0.4, -0.2) is 18.8 Å². The first kappa shape index (κ1) is 17.4. The van der Waals surface area contributed by atoms with Crippen molar-refractivity contribution in [1.29, 1.82) is 0 Å². The summed E-state index contributed by atoms with van der Waals surface area (Å²) in [6, 6.07) is 0.324. The van der Waals surface area contributed by atoms with Crippen molar-refractivity contribution in [1.82, 2.24) is 5.32 Å². The highest BCUT2D eigenvalue weighted by Crippen LogP contribution is 2.40. The summed E-state index contributed by atoms with van der Waals surface area (Å²) in [4.78, 5) is 0. The quantitative estimate of drug-likeness (QED) is 0.709. The Bertz CT molecular complexity index is 319. The van der Waals surface area contributed by atoms with Gasteiger partial charge in [0.1, 0.15) is 0 Å². The normalized spacial score (nSPS) is 24.9. The molecule has 1 rings (SSSR count). The molecule has 0 aliphatic heterocycles. The van der Waals surface area contributed by atoms with E-state index in [2.05, 4.69) is 24.1 Å². The Balaban J connectivity index is 2.48. The molecule has 0 aromatic carbocycles. The van der Waals surface area contributed by atoms with Crippen molar-refractivity contribution in [2.75, 3.05) is 6.54 Å². The van der Waals surface area contributed by atoms with Crippen molar-refractivity contribution >= 4 is 0 Å². The fourth-order valence-corrected chi connectivity index (χ4v) is 3.04. The fourth-order valence-electron chi connectivity index (χ4n) is 3.04. The van der Waals surface area contributed by atoms with Crippen molar-refractivity contribution < 1.29 is 13.2 Å². The van der Waals surface area contributed by atoms with E-state index >= 15 is 0 Å². The predicted octanol–water partition coefficient (Wildman–Crippen LogP) is 4.53. The Morgan fingerprint density at radius 2 is 1.85 bits per heavy atom. The summed E-state index contributed by atoms with van der Waals surface area (Å²) in [5, 5.41) is 3.50. The van der Waals surface area contributed by atoms with Gasteiger partial charge in [0, 0.05) is 12.5 Å². The standard InChI is InChI=1S/C16H26F3N/c1-3-5-6-7-15(20-12-4-2)13-8-10-14(11-9-13)16(17,18)19/h13-15,20H,4,6-12H2,1-2H3. The molecule has 0 radical (unpaired) electrons. The van der Waals surface area contributed by atoms with Gasteiger partial charge < -0.3 is 5.32 Å². The molecule has 4 heteroatoms. The molecule has 0 aromatic heterocycles. The highest BCUT2D eigenvalue weighted by molar-refractivity contribution is 4.96. The van der Waals surface area contributed by atoms with Crippen LogP contribution in [0.3, 0.4) is 0 Å². The zero-order valence-electron chi connectivity index (χ0n) is 12.5. The summed E-state index contributed by atoms with van der Waals surface area (Å²) in [7, 11) is 0. The minimum absolute atomic E-state index is 0.290. The van der Waals surface area contributed by atoms with Crippen LogP contribution in [-0.2, 0) is 0 Å². The molecule has 0 heterocycles. The molecule has 1 aliphatic rings. The molecule has 1 unspecified atom stereocenters. The van der Waals surface area contributed by atoms with Gasteiger partial charge in [0.2, 0.25) is 0 Å². The first-order valence-corrected chi connectivity index (χ1v) is 7.68. The maximum absolute atomic E-state index is 12.7. The van der Waals surface area contributed by atoms with Crippen LogP contribution in [0, 0.1) is 23.7 Å². The van der Waals surface area contributed by atoms with Gasteiger partial charge in [-0.3, -0.25) is 0 Å². The van der Waals surface area contributed by atoms with E-state index in [0.717, 1.165) is 25.8 Å². The van der Waals surface area contributed by atoms with Crippen LogP contribution in [0.15, 0.2) is 0 Å². The smallest absolute Gasteiger partial charge is 0.314 e. The Labute approximate surface area is 120 Å². The lowest BCUT2D eigenvalue weighted by molar-refractivity contribution is -0.184. The van der Waals surface area contributed by atoms with Crippen LogP contribution in [0.5, 0.6) is 0 Å². The van der Waals surface area contributed by atoms with E-state index in [0.29, 0.717) is 24.8 Å². The van der Waals surface area contributed by atoms with E-state index in [4.69, 9.17) is 0 Å². The van der Waals surface area contributed by atoms with Crippen molar-refractivity contribution in [2.45, 2.75) is 71.0 Å². The monoisotopic (exact) mass is 289 g/mol. The lowest BCUT2D eigenvalue weighted by Gasteiger charge is -2.35. The van der Waals surface area contributed by atoms with E-state index in [1.54, 1.807) is 0 Å². The summed E-state index contributed by atoms with van der Waals surface area (Å²) in [6.07, 6.45) is 0.768. The van der Waals surface area contributed by atoms with Gasteiger partial charge in [-0.15, -0.1) is 11.8 Å². The highest BCUT2D eigenvalue weighted by Gasteiger charge is 2.42. The van der Waals surface area contributed by atoms with Gasteiger partial charge in [-0.05, 0) is 57.9 Å². The first-order chi connectivity index (χ1) is 9.49. The summed E-state index contributed by atoms with van der Waals surface area (Å²) in [5.41, 5.74) is 0. The van der Waals surface area contributed by atoms with Crippen molar-refractivity contribution in [3.05, 3.63) is 0 Å². The third-order valence-electron chi connectivity index (χ3n) is 4.22. The first-order valence-electron chi connectivity index (χ1n) is 7.68. The molecule has 1 atom stereocenters. The topological polar surface area (TPSA) is 12.0 Å². The van der Waals surface area contributed by atoms with E-state index in [9.17, 15) is 13.2 Å². The lowest BCUT2D eigenvalue weighted by atomic mass is 9.77. The predicted molar refractivity (Wildman–Crippen MR) is 76.3 cm³/mol. The summed E-state index contributed by atoms with van der Waals surface area (Å²) >= 11 is 0. The third-order valence-corrected chi connectivity index (χ3v) is 4.22. The fraction of sp³-hybridized carbons (Fsp3) is 0.875. The van der Waals surface area contributed by atoms with Crippen molar-refractivity contribution in [3.63, 3.8) is 0 Å². The molecule has 0 amide bonds. The number of alkyl halides is 3. The van der Waals surface area contributed by atoms with Crippen LogP contribution in [0.2, 0.25) is 0 Å². The molecule has 116 valence electrons. The lowest BCUT2D eigenvalue weighted by Crippen LogP contribution is -2.40. The van der Waals surface area contributed by atoms with Gasteiger partial charge in [-0.1, -0.05) is 6.92 Å². The third kappa shape index (κ3) is 5.75. The minimum Gasteiger partial charge on any atom is -0.314 e. The van der Waals surface area contributed by atoms with E-state index in [1.807, 2.05) is 6.92 Å². The Hall–Kier alpha value is -0.690. The SMILES string of the molecule is CC#CCCC(NCCC)C1CCC(C(F)(F)F)CC1. The molecule has 0 aromatic rings. The molecule has 0 spiro atoms. The van der Waals surface area contributed by atoms with Gasteiger partial charge in [0.25, 0.3) is 0 Å². The molecule has 0 saturated heterocycles. The van der Waals surface area contributed by atoms with Gasteiger partial charge in [0.15, 0.2) is 0 Å². The molecule has 1 saturated carbocycles. The zero-order valence-corrected chi connectivity index (χ0v) is 12.5. The summed E-state index contributed by atoms with van der Waals surface area (Å²) in [5.74, 6) is 5.23. The van der Waals surface area contributed by atoms with E-state index in [-0.39, 0.29) is 12.8 Å². The van der Waals surface area contributed by atoms with Crippen molar-refractivity contribution in [2.24, 2.45) is 11.8 Å². The van der Waals surface area contributed by atoms with Crippen LogP contribution in [0.4, 0.5) is 13.2 Å². The van der Waals surface area contributed by atoms with Crippen LogP contribution in [0.25, 0.3) is 0 Å². The number of hydrogen-bond acceptors (Lipinski definition) is 1. The second kappa shape index (κ2) is 8.56. The average Bonchev–Trinajstić information content (AvgIpc) is 2.42. The summed E-state index contributed by atoms with van der Waals surface area (Å²) in [6.45, 7) is 4.86. The maximum Gasteiger partial charge on any atom is 0.391 e. The maximum atomic E-state index is 12.7. The van der Waals surface area contributed by atoms with Gasteiger partial charge in [-0.2, -0.15) is 13.2 Å². The number of nitrogens with one attached hydrogen (secondary N) is 1. The molecule has 0 bridgehead atoms. The van der Waals surface area contributed by atoms with Gasteiger partial charge >= 0.3 is 6.18 Å². The average molecular weight is 289 g/mol. The number of hydrogen-bond donors (Lipinski definition) is 1. The van der Waals surface area contributed by atoms with Gasteiger partial charge in [-0.25, -0.2) is 0 Å². The largest absolute Gasteiger partial charge is 0.391 e. The van der Waals surface area contributed by atoms with E-state index < -0.39 is 12.1 Å². The number of rotatable bonds is 6. The van der Waals surface area contributed by atoms with Crippen molar-refractivity contribution in [3.8, 4) is 11.8 Å². The molecule has 1 nitrogen and oxygen atoms in total. The summed E-state index contributed by atoms with van der Waals surface area (Å²) < 4.78 is 38.1. The second-order valence-electron chi connectivity index (χ2n) is 5.68. The molecule has 1 N–H and O–H groups in total. The number of halogens is 3. The Morgan fingerprint density at radius 3 is 2.35 bits per heavy atom. The Kier molecular flexibility index (Phi) is 7.43. The molecule has 20 heavy (non-hydrogen) atoms. The minimum atomic E-state index is -4.01. The molecule has 1 aliphatic carbocycles. The molecular formula is C16H26F3N. The zero-order chi connectivity index (χ0) is 15.0. The van der Waals surface area contributed by atoms with E-state index in [1.165, 1.54) is 0 Å². The Morgan fingerprint density at radius 1 is 1.20 bits per heavy atom. The second-order valence-corrected chi connectivity index (χ2v) is 5.68. The highest BCUT2D eigenvalue weighted by atomic mass is 19.4. The molecule has 1 fully saturated rings. The van der Waals surface area contributed by atoms with Gasteiger partial charge in [0.05, 0.1) is 5.92 Å². The van der Waals surface area contributed by atoms with Crippen LogP contribution >= 0.6 is 0 Å².